The van der Waals surface area contributed by atoms with Crippen LogP contribution in [-0.2, 0) is 4.84 Å². The maximum atomic E-state index is 13.0. The van der Waals surface area contributed by atoms with E-state index in [-0.39, 0.29) is 17.4 Å². The van der Waals surface area contributed by atoms with Gasteiger partial charge < -0.3 is 24.0 Å². The number of ketones is 1. The minimum atomic E-state index is -0.0725. The van der Waals surface area contributed by atoms with Crippen LogP contribution in [0.15, 0.2) is 17.3 Å². The second kappa shape index (κ2) is 8.05. The zero-order valence-electron chi connectivity index (χ0n) is 16.2. The smallest absolute Gasteiger partial charge is 0.203 e. The summed E-state index contributed by atoms with van der Waals surface area (Å²) in [6.45, 7) is 0. The molecule has 1 aromatic carbocycles. The second-order valence-corrected chi connectivity index (χ2v) is 6.21. The molecule has 1 aliphatic rings. The van der Waals surface area contributed by atoms with Gasteiger partial charge in [0.05, 0.1) is 38.8 Å². The summed E-state index contributed by atoms with van der Waals surface area (Å²) >= 11 is 0. The number of aromatic nitrogens is 1. The van der Waals surface area contributed by atoms with Gasteiger partial charge in [-0.1, -0.05) is 5.16 Å². The number of nitriles is 1. The molecule has 28 heavy (non-hydrogen) atoms. The van der Waals surface area contributed by atoms with Crippen LogP contribution >= 0.6 is 0 Å². The highest BCUT2D eigenvalue weighted by Gasteiger charge is 2.36. The molecule has 0 atom stereocenters. The molecule has 1 aromatic heterocycles. The summed E-state index contributed by atoms with van der Waals surface area (Å²) in [6.07, 6.45) is 3.06. The third kappa shape index (κ3) is 3.27. The Balaban J connectivity index is 2.34. The first-order valence-electron chi connectivity index (χ1n) is 8.67. The molecule has 1 saturated carbocycles. The number of rotatable bonds is 8. The Kier molecular flexibility index (Phi) is 5.54. The number of hydrogen-bond acceptors (Lipinski definition) is 7. The van der Waals surface area contributed by atoms with Gasteiger partial charge in [-0.05, 0) is 25.0 Å². The monoisotopic (exact) mass is 383 g/mol. The predicted octanol–water partition coefficient (Wildman–Crippen LogP) is 3.15. The van der Waals surface area contributed by atoms with Gasteiger partial charge in [0.25, 0.3) is 0 Å². The van der Waals surface area contributed by atoms with Crippen LogP contribution in [0.25, 0.3) is 11.1 Å². The molecule has 146 valence electrons. The summed E-state index contributed by atoms with van der Waals surface area (Å²) < 4.78 is 16.4. The minimum absolute atomic E-state index is 0.0694. The van der Waals surface area contributed by atoms with Crippen molar-refractivity contribution in [1.82, 2.24) is 4.98 Å². The van der Waals surface area contributed by atoms with Gasteiger partial charge in [0.2, 0.25) is 5.75 Å². The van der Waals surface area contributed by atoms with Crippen LogP contribution in [0, 0.1) is 17.2 Å². The Morgan fingerprint density at radius 2 is 1.89 bits per heavy atom. The van der Waals surface area contributed by atoms with Crippen molar-refractivity contribution in [3.05, 3.63) is 29.1 Å². The van der Waals surface area contributed by atoms with E-state index >= 15 is 0 Å². The molecule has 0 unspecified atom stereocenters. The van der Waals surface area contributed by atoms with E-state index in [1.54, 1.807) is 12.1 Å². The van der Waals surface area contributed by atoms with Gasteiger partial charge in [0.1, 0.15) is 18.9 Å². The van der Waals surface area contributed by atoms with Crippen molar-refractivity contribution in [2.24, 2.45) is 11.1 Å². The number of H-pyrrole nitrogens is 1. The molecule has 1 heterocycles. The highest BCUT2D eigenvalue weighted by molar-refractivity contribution is 6.10. The van der Waals surface area contributed by atoms with Gasteiger partial charge >= 0.3 is 0 Å². The van der Waals surface area contributed by atoms with Crippen LogP contribution in [0.3, 0.4) is 0 Å². The van der Waals surface area contributed by atoms with Gasteiger partial charge in [-0.3, -0.25) is 4.79 Å². The average molecular weight is 383 g/mol. The standard InChI is InChI=1S/C20H21N3O5/c1-25-15-8-7-12(19(26-2)20(15)27-3)16-14(10-22-28-4)23-13(9-21)17(16)18(24)11-5-6-11/h7-8,10-11,23H,5-6H2,1-4H3/b22-10+. The maximum Gasteiger partial charge on any atom is 0.203 e. The number of carbonyl (C=O) groups is 1. The molecule has 1 aliphatic carbocycles. The normalized spacial score (nSPS) is 13.2. The van der Waals surface area contributed by atoms with Crippen LogP contribution < -0.4 is 14.2 Å². The summed E-state index contributed by atoms with van der Waals surface area (Å²) in [7, 11) is 5.95. The van der Waals surface area contributed by atoms with Crippen molar-refractivity contribution < 1.29 is 23.8 Å². The zero-order valence-corrected chi connectivity index (χ0v) is 16.2. The molecule has 3 rings (SSSR count). The van der Waals surface area contributed by atoms with Crippen molar-refractivity contribution in [3.63, 3.8) is 0 Å². The molecular weight excluding hydrogens is 362 g/mol. The Hall–Kier alpha value is -3.47. The SMILES string of the molecule is CO/N=C/c1[nH]c(C#N)c(C(=O)C2CC2)c1-c1ccc(OC)c(OC)c1OC. The molecule has 0 spiro atoms. The number of nitrogens with zero attached hydrogens (tertiary/aromatic N) is 2. The molecule has 0 saturated heterocycles. The van der Waals surface area contributed by atoms with Gasteiger partial charge in [-0.25, -0.2) is 0 Å². The molecule has 0 aliphatic heterocycles. The van der Waals surface area contributed by atoms with E-state index in [0.717, 1.165) is 12.8 Å². The number of Topliss-reactive ketones (excluding diaryl/α,β-unsaturated/α-hetero) is 1. The number of methoxy groups -OCH3 is 3. The third-order valence-corrected chi connectivity index (χ3v) is 4.60. The highest BCUT2D eigenvalue weighted by atomic mass is 16.6. The number of benzene rings is 1. The van der Waals surface area contributed by atoms with Crippen LogP contribution in [0.1, 0.15) is 34.6 Å². The van der Waals surface area contributed by atoms with Crippen molar-refractivity contribution >= 4 is 12.0 Å². The lowest BCUT2D eigenvalue weighted by Crippen LogP contribution is -2.05. The quantitative estimate of drug-likeness (QED) is 0.426. The molecule has 0 bridgehead atoms. The van der Waals surface area contributed by atoms with E-state index in [9.17, 15) is 10.1 Å². The van der Waals surface area contributed by atoms with Crippen LogP contribution in [-0.4, -0.2) is 45.4 Å². The van der Waals surface area contributed by atoms with Crippen LogP contribution in [0.5, 0.6) is 17.2 Å². The van der Waals surface area contributed by atoms with Crippen molar-refractivity contribution in [3.8, 4) is 34.4 Å². The number of ether oxygens (including phenoxy) is 3. The summed E-state index contributed by atoms with van der Waals surface area (Å²) in [6, 6.07) is 5.56. The van der Waals surface area contributed by atoms with Crippen molar-refractivity contribution in [2.45, 2.75) is 12.8 Å². The van der Waals surface area contributed by atoms with Gasteiger partial charge in [-0.2, -0.15) is 5.26 Å². The largest absolute Gasteiger partial charge is 0.493 e. The molecule has 8 heteroatoms. The van der Waals surface area contributed by atoms with E-state index in [1.165, 1.54) is 34.7 Å². The summed E-state index contributed by atoms with van der Waals surface area (Å²) in [4.78, 5) is 20.8. The molecule has 1 N–H and O–H groups in total. The van der Waals surface area contributed by atoms with E-state index < -0.39 is 0 Å². The lowest BCUT2D eigenvalue weighted by Gasteiger charge is -2.16. The summed E-state index contributed by atoms with van der Waals surface area (Å²) in [5, 5.41) is 13.4. The predicted molar refractivity (Wildman–Crippen MR) is 102 cm³/mol. The van der Waals surface area contributed by atoms with Gasteiger partial charge in [-0.15, -0.1) is 0 Å². The molecular formula is C20H21N3O5. The summed E-state index contributed by atoms with van der Waals surface area (Å²) in [5.74, 6) is 1.13. The Labute approximate surface area is 162 Å². The molecule has 0 amide bonds. The Bertz CT molecular complexity index is 967. The fourth-order valence-corrected chi connectivity index (χ4v) is 3.18. The number of aromatic amines is 1. The number of hydrogen-bond donors (Lipinski definition) is 1. The molecule has 1 fully saturated rings. The van der Waals surface area contributed by atoms with Gasteiger partial charge in [0.15, 0.2) is 17.3 Å². The Morgan fingerprint density at radius 3 is 2.43 bits per heavy atom. The lowest BCUT2D eigenvalue weighted by atomic mass is 9.94. The first-order chi connectivity index (χ1) is 13.6. The lowest BCUT2D eigenvalue weighted by molar-refractivity contribution is 0.0968. The number of oxime groups is 1. The fourth-order valence-electron chi connectivity index (χ4n) is 3.18. The Morgan fingerprint density at radius 1 is 1.18 bits per heavy atom. The number of carbonyl (C=O) groups excluding carboxylic acids is 1. The van der Waals surface area contributed by atoms with E-state index in [1.807, 2.05) is 0 Å². The molecule has 8 nitrogen and oxygen atoms in total. The number of nitrogens with one attached hydrogen (secondary N) is 1. The average Bonchev–Trinajstić information content (AvgIpc) is 3.51. The first kappa shape index (κ1) is 19.3. The molecule has 2 aromatic rings. The second-order valence-electron chi connectivity index (χ2n) is 6.21. The maximum absolute atomic E-state index is 13.0. The van der Waals surface area contributed by atoms with Crippen LogP contribution in [0.2, 0.25) is 0 Å². The topological polar surface area (TPSA) is 106 Å². The van der Waals surface area contributed by atoms with Gasteiger partial charge in [0, 0.05) is 17.0 Å². The van der Waals surface area contributed by atoms with E-state index in [4.69, 9.17) is 19.0 Å². The third-order valence-electron chi connectivity index (χ3n) is 4.60. The zero-order chi connectivity index (χ0) is 20.3. The van der Waals surface area contributed by atoms with E-state index in [2.05, 4.69) is 16.2 Å². The van der Waals surface area contributed by atoms with Crippen LogP contribution in [0.4, 0.5) is 0 Å². The fraction of sp³-hybridized carbons (Fsp3) is 0.350. The van der Waals surface area contributed by atoms with E-state index in [0.29, 0.717) is 39.6 Å². The molecule has 0 radical (unpaired) electrons. The summed E-state index contributed by atoms with van der Waals surface area (Å²) in [5.41, 5.74) is 2.08. The first-order valence-corrected chi connectivity index (χ1v) is 8.67. The minimum Gasteiger partial charge on any atom is -0.493 e. The van der Waals surface area contributed by atoms with Crippen molar-refractivity contribution in [2.75, 3.05) is 28.4 Å². The van der Waals surface area contributed by atoms with Crippen molar-refractivity contribution in [1.29, 1.82) is 5.26 Å². The highest BCUT2D eigenvalue weighted by Crippen LogP contribution is 2.47.